The zero-order chi connectivity index (χ0) is 15.2. The lowest BCUT2D eigenvalue weighted by atomic mass is 9.92. The molecule has 1 aliphatic heterocycles. The number of nitrogens with zero attached hydrogens (tertiary/aromatic N) is 1. The first-order valence-electron chi connectivity index (χ1n) is 7.59. The van der Waals surface area contributed by atoms with Gasteiger partial charge in [-0.3, -0.25) is 15.1 Å². The van der Waals surface area contributed by atoms with Crippen LogP contribution in [0.3, 0.4) is 0 Å². The van der Waals surface area contributed by atoms with Crippen molar-refractivity contribution in [1.29, 1.82) is 0 Å². The van der Waals surface area contributed by atoms with Crippen LogP contribution in [0.25, 0.3) is 0 Å². The Labute approximate surface area is 126 Å². The highest BCUT2D eigenvalue weighted by Crippen LogP contribution is 2.22. The minimum absolute atomic E-state index is 0.294. The third-order valence-electron chi connectivity index (χ3n) is 4.40. The maximum absolute atomic E-state index is 11.3. The highest BCUT2D eigenvalue weighted by molar-refractivity contribution is 5.93. The Balaban J connectivity index is 1.79. The summed E-state index contributed by atoms with van der Waals surface area (Å²) >= 11 is 0. The zero-order valence-corrected chi connectivity index (χ0v) is 12.8. The number of hydrogen-bond acceptors (Lipinski definition) is 4. The molecule has 3 N–H and O–H groups in total. The predicted octanol–water partition coefficient (Wildman–Crippen LogP) is 1.79. The number of carbonyl (C=O) groups is 1. The second kappa shape index (κ2) is 7.43. The fraction of sp³-hybridized carbons (Fsp3) is 0.562. The predicted molar refractivity (Wildman–Crippen MR) is 83.0 cm³/mol. The van der Waals surface area contributed by atoms with E-state index in [0.29, 0.717) is 18.2 Å². The molecule has 5 nitrogen and oxygen atoms in total. The number of nitrogens with one attached hydrogen (secondary N) is 1. The molecule has 21 heavy (non-hydrogen) atoms. The van der Waals surface area contributed by atoms with Gasteiger partial charge in [0.25, 0.3) is 5.91 Å². The van der Waals surface area contributed by atoms with Gasteiger partial charge in [0.2, 0.25) is 0 Å². The molecule has 2 rings (SSSR count). The van der Waals surface area contributed by atoms with Gasteiger partial charge in [0.15, 0.2) is 0 Å². The summed E-state index contributed by atoms with van der Waals surface area (Å²) in [5, 5.41) is 0. The molecule has 0 aliphatic carbocycles. The Kier molecular flexibility index (Phi) is 5.59. The van der Waals surface area contributed by atoms with E-state index in [4.69, 9.17) is 10.6 Å². The number of piperidine rings is 1. The van der Waals surface area contributed by atoms with Gasteiger partial charge in [-0.1, -0.05) is 6.92 Å². The largest absolute Gasteiger partial charge is 0.492 e. The molecular weight excluding hydrogens is 266 g/mol. The molecular formula is C16H25N3O2. The fourth-order valence-corrected chi connectivity index (χ4v) is 2.80. The Morgan fingerprint density at radius 2 is 2.10 bits per heavy atom. The molecule has 0 bridgehead atoms. The molecule has 1 amide bonds. The zero-order valence-electron chi connectivity index (χ0n) is 12.8. The van der Waals surface area contributed by atoms with Crippen molar-refractivity contribution >= 4 is 5.91 Å². The monoisotopic (exact) mass is 291 g/mol. The van der Waals surface area contributed by atoms with Gasteiger partial charge in [-0.2, -0.15) is 0 Å². The van der Waals surface area contributed by atoms with E-state index in [1.165, 1.54) is 12.8 Å². The number of ether oxygens (including phenoxy) is 1. The van der Waals surface area contributed by atoms with Gasteiger partial charge >= 0.3 is 0 Å². The first-order chi connectivity index (χ1) is 10.1. The van der Waals surface area contributed by atoms with Crippen LogP contribution in [0.2, 0.25) is 0 Å². The number of nitrogens with two attached hydrogens (primary N) is 1. The standard InChI is InChI=1S/C16H25N3O2/c1-12-4-3-9-19(13(12)2)10-11-21-15-7-5-14(6-8-15)16(20)18-17/h5-8,12-13H,3-4,9-11,17H2,1-2H3,(H,18,20). The number of benzene rings is 1. The van der Waals surface area contributed by atoms with Gasteiger partial charge < -0.3 is 4.74 Å². The highest BCUT2D eigenvalue weighted by Gasteiger charge is 2.24. The molecule has 1 aliphatic rings. The number of hydrogen-bond donors (Lipinski definition) is 2. The summed E-state index contributed by atoms with van der Waals surface area (Å²) in [7, 11) is 0. The van der Waals surface area contributed by atoms with E-state index in [9.17, 15) is 4.79 Å². The van der Waals surface area contributed by atoms with Crippen molar-refractivity contribution in [2.75, 3.05) is 19.7 Å². The molecule has 5 heteroatoms. The summed E-state index contributed by atoms with van der Waals surface area (Å²) in [6.45, 7) is 7.38. The molecule has 1 saturated heterocycles. The van der Waals surface area contributed by atoms with Crippen LogP contribution in [0, 0.1) is 5.92 Å². The molecule has 0 saturated carbocycles. The first kappa shape index (κ1) is 15.8. The second-order valence-corrected chi connectivity index (χ2v) is 5.74. The van der Waals surface area contributed by atoms with Crippen LogP contribution in [-0.4, -0.2) is 36.5 Å². The summed E-state index contributed by atoms with van der Waals surface area (Å²) in [5.41, 5.74) is 2.64. The number of rotatable bonds is 5. The van der Waals surface area contributed by atoms with Gasteiger partial charge in [-0.05, 0) is 56.5 Å². The van der Waals surface area contributed by atoms with Crippen LogP contribution in [0.4, 0.5) is 0 Å². The third-order valence-corrected chi connectivity index (χ3v) is 4.40. The average molecular weight is 291 g/mol. The van der Waals surface area contributed by atoms with Crippen LogP contribution in [0.5, 0.6) is 5.75 Å². The smallest absolute Gasteiger partial charge is 0.265 e. The summed E-state index contributed by atoms with van der Waals surface area (Å²) in [4.78, 5) is 13.8. The van der Waals surface area contributed by atoms with Crippen LogP contribution < -0.4 is 16.0 Å². The summed E-state index contributed by atoms with van der Waals surface area (Å²) in [5.74, 6) is 6.34. The number of carbonyl (C=O) groups excluding carboxylic acids is 1. The molecule has 0 spiro atoms. The number of hydrazine groups is 1. The minimum Gasteiger partial charge on any atom is -0.492 e. The van der Waals surface area contributed by atoms with Crippen molar-refractivity contribution in [2.45, 2.75) is 32.7 Å². The molecule has 116 valence electrons. The van der Waals surface area contributed by atoms with Gasteiger partial charge in [0.05, 0.1) is 0 Å². The minimum atomic E-state index is -0.294. The van der Waals surface area contributed by atoms with Crippen molar-refractivity contribution < 1.29 is 9.53 Å². The van der Waals surface area contributed by atoms with Crippen LogP contribution in [0.15, 0.2) is 24.3 Å². The quantitative estimate of drug-likeness (QED) is 0.493. The number of likely N-dealkylation sites (tertiary alicyclic amines) is 1. The first-order valence-corrected chi connectivity index (χ1v) is 7.59. The normalized spacial score (nSPS) is 22.8. The Hall–Kier alpha value is -1.59. The topological polar surface area (TPSA) is 67.6 Å². The maximum Gasteiger partial charge on any atom is 0.265 e. The SMILES string of the molecule is CC1CCCN(CCOc2ccc(C(=O)NN)cc2)C1C. The highest BCUT2D eigenvalue weighted by atomic mass is 16.5. The van der Waals surface area contributed by atoms with E-state index in [1.807, 2.05) is 0 Å². The molecule has 1 heterocycles. The third kappa shape index (κ3) is 4.19. The second-order valence-electron chi connectivity index (χ2n) is 5.74. The average Bonchev–Trinajstić information content (AvgIpc) is 2.51. The van der Waals surface area contributed by atoms with E-state index in [0.717, 1.165) is 24.8 Å². The van der Waals surface area contributed by atoms with Crippen LogP contribution in [0.1, 0.15) is 37.0 Å². The molecule has 2 unspecified atom stereocenters. The molecule has 1 aromatic carbocycles. The van der Waals surface area contributed by atoms with Gasteiger partial charge in [0.1, 0.15) is 12.4 Å². The molecule has 1 fully saturated rings. The molecule has 0 aromatic heterocycles. The van der Waals surface area contributed by atoms with E-state index >= 15 is 0 Å². The number of nitrogen functional groups attached to an aromatic ring is 1. The number of amides is 1. The van der Waals surface area contributed by atoms with Gasteiger partial charge in [0, 0.05) is 18.2 Å². The van der Waals surface area contributed by atoms with Crippen molar-refractivity contribution in [3.05, 3.63) is 29.8 Å². The van der Waals surface area contributed by atoms with Gasteiger partial charge in [-0.15, -0.1) is 0 Å². The van der Waals surface area contributed by atoms with E-state index in [-0.39, 0.29) is 5.91 Å². The van der Waals surface area contributed by atoms with Crippen LogP contribution in [-0.2, 0) is 0 Å². The lowest BCUT2D eigenvalue weighted by Crippen LogP contribution is -2.44. The fourth-order valence-electron chi connectivity index (χ4n) is 2.80. The Morgan fingerprint density at radius 1 is 1.38 bits per heavy atom. The lowest BCUT2D eigenvalue weighted by molar-refractivity contribution is 0.0951. The molecule has 0 radical (unpaired) electrons. The van der Waals surface area contributed by atoms with Crippen molar-refractivity contribution in [2.24, 2.45) is 11.8 Å². The van der Waals surface area contributed by atoms with Gasteiger partial charge in [-0.25, -0.2) is 5.84 Å². The molecule has 1 aromatic rings. The van der Waals surface area contributed by atoms with E-state index in [2.05, 4.69) is 24.2 Å². The van der Waals surface area contributed by atoms with E-state index < -0.39 is 0 Å². The van der Waals surface area contributed by atoms with Crippen LogP contribution >= 0.6 is 0 Å². The van der Waals surface area contributed by atoms with E-state index in [1.54, 1.807) is 24.3 Å². The van der Waals surface area contributed by atoms with Crippen molar-refractivity contribution in [3.63, 3.8) is 0 Å². The summed E-state index contributed by atoms with van der Waals surface area (Å²) in [6, 6.07) is 7.64. The summed E-state index contributed by atoms with van der Waals surface area (Å²) in [6.07, 6.45) is 2.59. The Bertz CT molecular complexity index is 461. The van der Waals surface area contributed by atoms with Crippen molar-refractivity contribution in [1.82, 2.24) is 10.3 Å². The van der Waals surface area contributed by atoms with Crippen molar-refractivity contribution in [3.8, 4) is 5.75 Å². The lowest BCUT2D eigenvalue weighted by Gasteiger charge is -2.37. The maximum atomic E-state index is 11.3. The Morgan fingerprint density at radius 3 is 2.76 bits per heavy atom. The molecule has 2 atom stereocenters. The summed E-state index contributed by atoms with van der Waals surface area (Å²) < 4.78 is 5.76.